The van der Waals surface area contributed by atoms with Crippen LogP contribution in [0.15, 0.2) is 24.3 Å². The van der Waals surface area contributed by atoms with Crippen LogP contribution in [0, 0.1) is 5.92 Å². The van der Waals surface area contributed by atoms with Gasteiger partial charge in [-0.25, -0.2) is 0 Å². The SMILES string of the molecule is CCCCCCCC/C=C\CCCCCCCCC(C)C(Cl)CCCCCCCC/C=C\CCCCCCCC.CN(C)C. The monoisotopic (exact) mass is 638 g/mol. The van der Waals surface area contributed by atoms with Crippen molar-refractivity contribution in [1.82, 2.24) is 4.90 Å². The van der Waals surface area contributed by atoms with Gasteiger partial charge >= 0.3 is 0 Å². The molecule has 0 amide bonds. The first kappa shape index (κ1) is 45.9. The van der Waals surface area contributed by atoms with Crippen LogP contribution < -0.4 is 0 Å². The maximum Gasteiger partial charge on any atom is 0.0361 e. The Kier molecular flexibility index (Phi) is 42.5. The number of allylic oxidation sites excluding steroid dienone is 4. The molecule has 0 aromatic rings. The van der Waals surface area contributed by atoms with Gasteiger partial charge in [-0.05, 0) is 91.3 Å². The summed E-state index contributed by atoms with van der Waals surface area (Å²) in [5.41, 5.74) is 0. The number of halogens is 1. The van der Waals surface area contributed by atoms with E-state index in [1.165, 1.54) is 193 Å². The molecule has 0 aliphatic heterocycles. The summed E-state index contributed by atoms with van der Waals surface area (Å²) >= 11 is 6.75. The van der Waals surface area contributed by atoms with Crippen molar-refractivity contribution in [3.63, 3.8) is 0 Å². The molecule has 0 aliphatic carbocycles. The predicted octanol–water partition coefficient (Wildman–Crippen LogP) is 15.3. The van der Waals surface area contributed by atoms with E-state index in [0.29, 0.717) is 11.3 Å². The fourth-order valence-corrected chi connectivity index (χ4v) is 6.05. The summed E-state index contributed by atoms with van der Waals surface area (Å²) in [6, 6.07) is 0. The molecule has 1 nitrogen and oxygen atoms in total. The zero-order valence-corrected chi connectivity index (χ0v) is 32.3. The van der Waals surface area contributed by atoms with Crippen molar-refractivity contribution >= 4 is 11.6 Å². The van der Waals surface area contributed by atoms with Gasteiger partial charge in [0, 0.05) is 5.38 Å². The third kappa shape index (κ3) is 43.9. The highest BCUT2D eigenvalue weighted by molar-refractivity contribution is 6.20. The highest BCUT2D eigenvalue weighted by Gasteiger charge is 2.13. The zero-order valence-electron chi connectivity index (χ0n) is 31.5. The van der Waals surface area contributed by atoms with Crippen LogP contribution >= 0.6 is 11.6 Å². The lowest BCUT2D eigenvalue weighted by Gasteiger charge is -2.17. The van der Waals surface area contributed by atoms with Gasteiger partial charge in [0.25, 0.3) is 0 Å². The lowest BCUT2D eigenvalue weighted by atomic mass is 9.95. The quantitative estimate of drug-likeness (QED) is 0.0393. The Balaban J connectivity index is 0. The molecule has 0 heterocycles. The second-order valence-electron chi connectivity index (χ2n) is 14.3. The molecular weight excluding hydrogens is 554 g/mol. The van der Waals surface area contributed by atoms with Gasteiger partial charge in [-0.1, -0.05) is 173 Å². The Morgan fingerprint density at radius 2 is 0.659 bits per heavy atom. The van der Waals surface area contributed by atoms with E-state index in [2.05, 4.69) is 45.1 Å². The summed E-state index contributed by atoms with van der Waals surface area (Å²) in [6.07, 6.45) is 51.0. The minimum absolute atomic E-state index is 0.389. The third-order valence-corrected chi connectivity index (χ3v) is 9.43. The van der Waals surface area contributed by atoms with Crippen molar-refractivity contribution in [3.05, 3.63) is 24.3 Å². The van der Waals surface area contributed by atoms with E-state index < -0.39 is 0 Å². The van der Waals surface area contributed by atoms with Crippen LogP contribution in [0.4, 0.5) is 0 Å². The highest BCUT2D eigenvalue weighted by atomic mass is 35.5. The lowest BCUT2D eigenvalue weighted by Crippen LogP contribution is -2.11. The van der Waals surface area contributed by atoms with Crippen LogP contribution in [0.3, 0.4) is 0 Å². The van der Waals surface area contributed by atoms with Crippen molar-refractivity contribution in [2.75, 3.05) is 21.1 Å². The third-order valence-electron chi connectivity index (χ3n) is 8.78. The first-order chi connectivity index (χ1) is 21.5. The summed E-state index contributed by atoms with van der Waals surface area (Å²) in [7, 11) is 6.00. The minimum Gasteiger partial charge on any atom is -0.312 e. The second kappa shape index (κ2) is 40.8. The topological polar surface area (TPSA) is 3.24 Å². The van der Waals surface area contributed by atoms with Crippen molar-refractivity contribution in [2.45, 2.75) is 219 Å². The zero-order chi connectivity index (χ0) is 32.8. The minimum atomic E-state index is 0.389. The fraction of sp³-hybridized carbons (Fsp3) is 0.905. The summed E-state index contributed by atoms with van der Waals surface area (Å²) < 4.78 is 0. The molecule has 0 saturated carbocycles. The Morgan fingerprint density at radius 3 is 0.977 bits per heavy atom. The number of unbranched alkanes of at least 4 members (excludes halogenated alkanes) is 24. The second-order valence-corrected chi connectivity index (χ2v) is 14.8. The van der Waals surface area contributed by atoms with Gasteiger partial charge in [-0.3, -0.25) is 0 Å². The van der Waals surface area contributed by atoms with Gasteiger partial charge in [0.05, 0.1) is 0 Å². The van der Waals surface area contributed by atoms with E-state index in [-0.39, 0.29) is 0 Å². The number of hydrogen-bond donors (Lipinski definition) is 0. The molecular formula is C42H84ClN. The Labute approximate surface area is 285 Å². The molecule has 2 heteroatoms. The van der Waals surface area contributed by atoms with Gasteiger partial charge in [-0.2, -0.15) is 0 Å². The first-order valence-electron chi connectivity index (χ1n) is 20.0. The van der Waals surface area contributed by atoms with E-state index in [4.69, 9.17) is 11.6 Å². The van der Waals surface area contributed by atoms with Crippen LogP contribution in [0.1, 0.15) is 213 Å². The van der Waals surface area contributed by atoms with Crippen LogP contribution in [0.2, 0.25) is 0 Å². The smallest absolute Gasteiger partial charge is 0.0361 e. The molecule has 2 atom stereocenters. The number of rotatable bonds is 33. The van der Waals surface area contributed by atoms with E-state index in [1.807, 2.05) is 26.0 Å². The molecule has 0 saturated heterocycles. The largest absolute Gasteiger partial charge is 0.312 e. The molecule has 44 heavy (non-hydrogen) atoms. The van der Waals surface area contributed by atoms with E-state index >= 15 is 0 Å². The molecule has 264 valence electrons. The molecule has 0 aliphatic rings. The van der Waals surface area contributed by atoms with Crippen LogP contribution in [-0.4, -0.2) is 31.4 Å². The average molecular weight is 639 g/mol. The average Bonchev–Trinajstić information content (AvgIpc) is 3.00. The molecule has 0 bridgehead atoms. The molecule has 0 rings (SSSR count). The lowest BCUT2D eigenvalue weighted by molar-refractivity contribution is 0.437. The maximum atomic E-state index is 6.75. The van der Waals surface area contributed by atoms with Crippen molar-refractivity contribution < 1.29 is 0 Å². The van der Waals surface area contributed by atoms with Gasteiger partial charge in [0.15, 0.2) is 0 Å². The number of nitrogens with zero attached hydrogens (tertiary/aromatic N) is 1. The Morgan fingerprint density at radius 1 is 0.409 bits per heavy atom. The fourth-order valence-electron chi connectivity index (χ4n) is 5.77. The van der Waals surface area contributed by atoms with Crippen LogP contribution in [0.5, 0.6) is 0 Å². The molecule has 0 aromatic heterocycles. The highest BCUT2D eigenvalue weighted by Crippen LogP contribution is 2.24. The normalized spacial score (nSPS) is 13.2. The van der Waals surface area contributed by atoms with Gasteiger partial charge in [0.1, 0.15) is 0 Å². The number of alkyl halides is 1. The standard InChI is InChI=1S/C39H75Cl.C3H9N/c1-4-6-8-10-12-14-16-18-20-22-24-26-28-30-32-34-36-38(3)39(40)37-35-33-31-29-27-25-23-21-19-17-15-13-11-9-7-5-2;1-4(2)3/h18-21,38-39H,4-17,22-37H2,1-3H3;1-3H3/b20-18-,21-19-;. The summed E-state index contributed by atoms with van der Waals surface area (Å²) in [6.45, 7) is 6.97. The van der Waals surface area contributed by atoms with Gasteiger partial charge in [-0.15, -0.1) is 11.6 Å². The summed E-state index contributed by atoms with van der Waals surface area (Å²) in [5, 5.41) is 0.389. The van der Waals surface area contributed by atoms with Crippen LogP contribution in [-0.2, 0) is 0 Å². The molecule has 0 fully saturated rings. The Bertz CT molecular complexity index is 505. The van der Waals surface area contributed by atoms with E-state index in [9.17, 15) is 0 Å². The van der Waals surface area contributed by atoms with E-state index in [0.717, 1.165) is 0 Å². The molecule has 0 spiro atoms. The van der Waals surface area contributed by atoms with Crippen molar-refractivity contribution in [1.29, 1.82) is 0 Å². The van der Waals surface area contributed by atoms with Gasteiger partial charge < -0.3 is 4.90 Å². The predicted molar refractivity (Wildman–Crippen MR) is 207 cm³/mol. The molecule has 2 unspecified atom stereocenters. The summed E-state index contributed by atoms with van der Waals surface area (Å²) in [5.74, 6) is 0.682. The van der Waals surface area contributed by atoms with Crippen LogP contribution in [0.25, 0.3) is 0 Å². The summed E-state index contributed by atoms with van der Waals surface area (Å²) in [4.78, 5) is 2.00. The Hall–Kier alpha value is -0.270. The van der Waals surface area contributed by atoms with E-state index in [1.54, 1.807) is 0 Å². The van der Waals surface area contributed by atoms with Crippen molar-refractivity contribution in [3.8, 4) is 0 Å². The molecule has 0 aromatic carbocycles. The maximum absolute atomic E-state index is 6.75. The van der Waals surface area contributed by atoms with Gasteiger partial charge in [0.2, 0.25) is 0 Å². The molecule has 0 N–H and O–H groups in total. The van der Waals surface area contributed by atoms with Crippen molar-refractivity contribution in [2.24, 2.45) is 5.92 Å². The molecule has 0 radical (unpaired) electrons. The first-order valence-corrected chi connectivity index (χ1v) is 20.4. The number of hydrogen-bond acceptors (Lipinski definition) is 1.